The van der Waals surface area contributed by atoms with Gasteiger partial charge >= 0.3 is 5.97 Å². The van der Waals surface area contributed by atoms with Crippen LogP contribution in [0.1, 0.15) is 5.56 Å². The van der Waals surface area contributed by atoms with Crippen molar-refractivity contribution in [3.63, 3.8) is 0 Å². The summed E-state index contributed by atoms with van der Waals surface area (Å²) in [7, 11) is 0. The number of hydrogen-bond acceptors (Lipinski definition) is 2. The van der Waals surface area contributed by atoms with E-state index in [1.807, 2.05) is 0 Å². The number of alkyl halides is 2. The van der Waals surface area contributed by atoms with E-state index < -0.39 is 24.4 Å². The lowest BCUT2D eigenvalue weighted by molar-refractivity contribution is -0.150. The Hall–Kier alpha value is -1.17. The zero-order valence-corrected chi connectivity index (χ0v) is 10.2. The Morgan fingerprint density at radius 1 is 1.53 bits per heavy atom. The standard InChI is InChI=1S/C11H9BrF2O3/c12-6-1-2-8-5(3-6)4-7(11(15)16)9(17-8)10(13)14/h1-3,7,9-10H,4H2,(H,15,16)/t7-,9-/m1/s1. The summed E-state index contributed by atoms with van der Waals surface area (Å²) in [6.07, 6.45) is -4.34. The molecule has 1 aliphatic rings. The molecule has 17 heavy (non-hydrogen) atoms. The van der Waals surface area contributed by atoms with Gasteiger partial charge in [-0.2, -0.15) is 0 Å². The number of aliphatic carboxylic acids is 1. The van der Waals surface area contributed by atoms with Gasteiger partial charge in [-0.15, -0.1) is 0 Å². The second-order valence-corrected chi connectivity index (χ2v) is 4.73. The topological polar surface area (TPSA) is 46.5 Å². The molecule has 6 heteroatoms. The smallest absolute Gasteiger partial charge is 0.310 e. The minimum atomic E-state index is -2.81. The predicted molar refractivity (Wildman–Crippen MR) is 59.4 cm³/mol. The fraction of sp³-hybridized carbons (Fsp3) is 0.364. The number of halogens is 3. The van der Waals surface area contributed by atoms with Crippen LogP contribution in [0.15, 0.2) is 22.7 Å². The molecule has 3 nitrogen and oxygen atoms in total. The second kappa shape index (κ2) is 4.60. The van der Waals surface area contributed by atoms with Crippen molar-refractivity contribution in [3.05, 3.63) is 28.2 Å². The van der Waals surface area contributed by atoms with E-state index in [2.05, 4.69) is 15.9 Å². The van der Waals surface area contributed by atoms with E-state index in [9.17, 15) is 13.6 Å². The normalized spacial score (nSPS) is 23.1. The Balaban J connectivity index is 2.36. The highest BCUT2D eigenvalue weighted by atomic mass is 79.9. The molecule has 2 rings (SSSR count). The highest BCUT2D eigenvalue weighted by Crippen LogP contribution is 2.35. The molecular formula is C11H9BrF2O3. The number of hydrogen-bond donors (Lipinski definition) is 1. The summed E-state index contributed by atoms with van der Waals surface area (Å²) in [6, 6.07) is 4.92. The number of fused-ring (bicyclic) bond motifs is 1. The third-order valence-corrected chi connectivity index (χ3v) is 3.18. The average Bonchev–Trinajstić information content (AvgIpc) is 2.26. The van der Waals surface area contributed by atoms with Crippen LogP contribution in [0.3, 0.4) is 0 Å². The molecule has 0 fully saturated rings. The van der Waals surface area contributed by atoms with Crippen molar-refractivity contribution in [1.29, 1.82) is 0 Å². The van der Waals surface area contributed by atoms with Gasteiger partial charge in [0.1, 0.15) is 11.7 Å². The first-order chi connectivity index (χ1) is 7.99. The van der Waals surface area contributed by atoms with Crippen LogP contribution in [0.5, 0.6) is 5.75 Å². The van der Waals surface area contributed by atoms with E-state index >= 15 is 0 Å². The lowest BCUT2D eigenvalue weighted by Crippen LogP contribution is -2.42. The third-order valence-electron chi connectivity index (χ3n) is 2.69. The molecule has 1 aromatic rings. The fourth-order valence-corrected chi connectivity index (χ4v) is 2.27. The number of benzene rings is 1. The molecule has 0 aromatic heterocycles. The van der Waals surface area contributed by atoms with Crippen LogP contribution >= 0.6 is 15.9 Å². The molecule has 0 unspecified atom stereocenters. The van der Waals surface area contributed by atoms with Gasteiger partial charge in [-0.05, 0) is 30.2 Å². The van der Waals surface area contributed by atoms with Gasteiger partial charge in [-0.25, -0.2) is 8.78 Å². The maximum Gasteiger partial charge on any atom is 0.310 e. The summed E-state index contributed by atoms with van der Waals surface area (Å²) in [6.45, 7) is 0. The minimum absolute atomic E-state index is 0.0547. The summed E-state index contributed by atoms with van der Waals surface area (Å²) >= 11 is 3.24. The quantitative estimate of drug-likeness (QED) is 0.914. The molecule has 1 heterocycles. The van der Waals surface area contributed by atoms with E-state index in [-0.39, 0.29) is 6.42 Å². The van der Waals surface area contributed by atoms with Gasteiger partial charge < -0.3 is 9.84 Å². The van der Waals surface area contributed by atoms with Gasteiger partial charge in [0.25, 0.3) is 6.43 Å². The maximum absolute atomic E-state index is 12.7. The lowest BCUT2D eigenvalue weighted by atomic mass is 9.91. The Morgan fingerprint density at radius 3 is 2.82 bits per heavy atom. The molecular weight excluding hydrogens is 298 g/mol. The monoisotopic (exact) mass is 306 g/mol. The van der Waals surface area contributed by atoms with Crippen molar-refractivity contribution in [2.24, 2.45) is 5.92 Å². The first kappa shape index (κ1) is 12.3. The van der Waals surface area contributed by atoms with E-state index in [1.54, 1.807) is 18.2 Å². The van der Waals surface area contributed by atoms with E-state index in [0.29, 0.717) is 11.3 Å². The Bertz CT molecular complexity index is 450. The molecule has 0 bridgehead atoms. The number of ether oxygens (including phenoxy) is 1. The van der Waals surface area contributed by atoms with Crippen LogP contribution in [0.25, 0.3) is 0 Å². The van der Waals surface area contributed by atoms with Gasteiger partial charge in [0.15, 0.2) is 6.10 Å². The van der Waals surface area contributed by atoms with Crippen molar-refractivity contribution in [2.45, 2.75) is 19.0 Å². The van der Waals surface area contributed by atoms with Crippen LogP contribution in [-0.2, 0) is 11.2 Å². The Labute approximate surface area is 105 Å². The third kappa shape index (κ3) is 2.41. The SMILES string of the molecule is O=C(O)[C@@H]1Cc2cc(Br)ccc2O[C@H]1C(F)F. The van der Waals surface area contributed by atoms with Gasteiger partial charge in [0.2, 0.25) is 0 Å². The van der Waals surface area contributed by atoms with E-state index in [0.717, 1.165) is 4.47 Å². The molecule has 0 spiro atoms. The molecule has 0 aliphatic carbocycles. The van der Waals surface area contributed by atoms with Crippen LogP contribution in [0, 0.1) is 5.92 Å². The van der Waals surface area contributed by atoms with Crippen molar-refractivity contribution >= 4 is 21.9 Å². The molecule has 1 N–H and O–H groups in total. The number of carboxylic acids is 1. The van der Waals surface area contributed by atoms with Gasteiger partial charge in [-0.3, -0.25) is 4.79 Å². The number of carboxylic acid groups (broad SMARTS) is 1. The van der Waals surface area contributed by atoms with Crippen molar-refractivity contribution < 1.29 is 23.4 Å². The molecule has 92 valence electrons. The first-order valence-corrected chi connectivity index (χ1v) is 5.74. The second-order valence-electron chi connectivity index (χ2n) is 3.82. The van der Waals surface area contributed by atoms with Crippen LogP contribution in [-0.4, -0.2) is 23.6 Å². The highest BCUT2D eigenvalue weighted by Gasteiger charge is 2.40. The van der Waals surface area contributed by atoms with Crippen LogP contribution in [0.4, 0.5) is 8.78 Å². The zero-order valence-electron chi connectivity index (χ0n) is 8.57. The molecule has 0 saturated carbocycles. The largest absolute Gasteiger partial charge is 0.483 e. The summed E-state index contributed by atoms with van der Waals surface area (Å²) < 4.78 is 31.2. The first-order valence-electron chi connectivity index (χ1n) is 4.95. The maximum atomic E-state index is 12.7. The van der Waals surface area contributed by atoms with Crippen molar-refractivity contribution in [1.82, 2.24) is 0 Å². The summed E-state index contributed by atoms with van der Waals surface area (Å²) in [5, 5.41) is 8.93. The van der Waals surface area contributed by atoms with Gasteiger partial charge in [0.05, 0.1) is 0 Å². The fourth-order valence-electron chi connectivity index (χ4n) is 1.86. The van der Waals surface area contributed by atoms with Crippen molar-refractivity contribution in [3.8, 4) is 5.75 Å². The van der Waals surface area contributed by atoms with E-state index in [4.69, 9.17) is 9.84 Å². The van der Waals surface area contributed by atoms with Crippen LogP contribution < -0.4 is 4.74 Å². The molecule has 2 atom stereocenters. The summed E-state index contributed by atoms with van der Waals surface area (Å²) in [5.41, 5.74) is 0.628. The molecule has 1 aromatic carbocycles. The Morgan fingerprint density at radius 2 is 2.24 bits per heavy atom. The zero-order chi connectivity index (χ0) is 12.6. The number of rotatable bonds is 2. The molecule has 0 amide bonds. The van der Waals surface area contributed by atoms with E-state index in [1.165, 1.54) is 0 Å². The highest BCUT2D eigenvalue weighted by molar-refractivity contribution is 9.10. The van der Waals surface area contributed by atoms with Crippen molar-refractivity contribution in [2.75, 3.05) is 0 Å². The Kier molecular flexibility index (Phi) is 3.33. The lowest BCUT2D eigenvalue weighted by Gasteiger charge is -2.30. The molecule has 0 radical (unpaired) electrons. The summed E-state index contributed by atoms with van der Waals surface area (Å²) in [5.74, 6) is -2.14. The molecule has 0 saturated heterocycles. The minimum Gasteiger partial charge on any atom is -0.483 e. The van der Waals surface area contributed by atoms with Crippen LogP contribution in [0.2, 0.25) is 0 Å². The molecule has 1 aliphatic heterocycles. The average molecular weight is 307 g/mol. The summed E-state index contributed by atoms with van der Waals surface area (Å²) in [4.78, 5) is 10.9. The van der Waals surface area contributed by atoms with Gasteiger partial charge in [-0.1, -0.05) is 15.9 Å². The number of carbonyl (C=O) groups is 1. The predicted octanol–water partition coefficient (Wildman–Crippen LogP) is 2.72. The van der Waals surface area contributed by atoms with Gasteiger partial charge in [0, 0.05) is 4.47 Å².